The molecular formula is C16H24N4O2S. The minimum absolute atomic E-state index is 0.162. The molecule has 0 amide bonds. The van der Waals surface area contributed by atoms with Crippen LogP contribution in [0.1, 0.15) is 35.9 Å². The zero-order valence-electron chi connectivity index (χ0n) is 14.2. The lowest BCUT2D eigenvalue weighted by atomic mass is 10.1. The van der Waals surface area contributed by atoms with Crippen LogP contribution in [0.4, 0.5) is 5.82 Å². The number of ether oxygens (including phenoxy) is 1. The van der Waals surface area contributed by atoms with Crippen LogP contribution in [0.15, 0.2) is 5.03 Å². The summed E-state index contributed by atoms with van der Waals surface area (Å²) in [5.74, 6) is 0.604. The average Bonchev–Trinajstić information content (AvgIpc) is 3.18. The SMILES string of the molecule is COC(=O)c1nc(SC)c2c(n1)N(C(C)[C@@H]1CCCN1C)CC2. The molecule has 1 aromatic rings. The number of rotatable bonds is 4. The van der Waals surface area contributed by atoms with Gasteiger partial charge in [0.05, 0.1) is 7.11 Å². The molecule has 3 heterocycles. The molecular weight excluding hydrogens is 312 g/mol. The van der Waals surface area contributed by atoms with Crippen molar-refractivity contribution in [2.75, 3.05) is 38.4 Å². The zero-order valence-corrected chi connectivity index (χ0v) is 15.0. The van der Waals surface area contributed by atoms with Crippen molar-refractivity contribution in [3.8, 4) is 0 Å². The second-order valence-corrected chi connectivity index (χ2v) is 7.02. The summed E-state index contributed by atoms with van der Waals surface area (Å²) in [6.07, 6.45) is 5.39. The van der Waals surface area contributed by atoms with Crippen molar-refractivity contribution in [3.05, 3.63) is 11.4 Å². The van der Waals surface area contributed by atoms with E-state index < -0.39 is 5.97 Å². The molecule has 0 radical (unpaired) electrons. The summed E-state index contributed by atoms with van der Waals surface area (Å²) in [5.41, 5.74) is 1.16. The first kappa shape index (κ1) is 16.5. The smallest absolute Gasteiger partial charge is 0.376 e. The van der Waals surface area contributed by atoms with Crippen molar-refractivity contribution in [2.45, 2.75) is 43.3 Å². The molecule has 23 heavy (non-hydrogen) atoms. The number of fused-ring (bicyclic) bond motifs is 1. The number of thioether (sulfide) groups is 1. The van der Waals surface area contributed by atoms with Crippen LogP contribution >= 0.6 is 11.8 Å². The molecule has 0 aromatic carbocycles. The predicted octanol–water partition coefficient (Wildman–Crippen LogP) is 1.83. The van der Waals surface area contributed by atoms with Crippen molar-refractivity contribution in [1.82, 2.24) is 14.9 Å². The Morgan fingerprint density at radius 1 is 1.39 bits per heavy atom. The molecule has 0 bridgehead atoms. The van der Waals surface area contributed by atoms with Crippen LogP contribution in [-0.4, -0.2) is 66.4 Å². The fourth-order valence-corrected chi connectivity index (χ4v) is 4.37. The number of likely N-dealkylation sites (tertiary alicyclic amines) is 1. The molecule has 1 unspecified atom stereocenters. The third-order valence-corrected chi connectivity index (χ3v) is 5.73. The fourth-order valence-electron chi connectivity index (χ4n) is 3.75. The Hall–Kier alpha value is -1.34. The number of hydrogen-bond acceptors (Lipinski definition) is 7. The first-order valence-corrected chi connectivity index (χ1v) is 9.29. The highest BCUT2D eigenvalue weighted by molar-refractivity contribution is 7.98. The van der Waals surface area contributed by atoms with Crippen molar-refractivity contribution >= 4 is 23.5 Å². The van der Waals surface area contributed by atoms with E-state index in [0.717, 1.165) is 35.9 Å². The summed E-state index contributed by atoms with van der Waals surface area (Å²) in [6.45, 7) is 4.36. The Bertz CT molecular complexity index is 610. The third-order valence-electron chi connectivity index (χ3n) is 5.01. The van der Waals surface area contributed by atoms with Crippen LogP contribution in [-0.2, 0) is 11.2 Å². The highest BCUT2D eigenvalue weighted by Gasteiger charge is 2.36. The quantitative estimate of drug-likeness (QED) is 0.472. The van der Waals surface area contributed by atoms with Crippen molar-refractivity contribution in [1.29, 1.82) is 0 Å². The number of methoxy groups -OCH3 is 1. The molecule has 2 aliphatic rings. The number of carbonyl (C=O) groups excluding carboxylic acids is 1. The Kier molecular flexibility index (Phi) is 4.77. The molecule has 1 fully saturated rings. The lowest BCUT2D eigenvalue weighted by Gasteiger charge is -2.34. The number of nitrogens with zero attached hydrogens (tertiary/aromatic N) is 4. The van der Waals surface area contributed by atoms with E-state index in [0.29, 0.717) is 12.1 Å². The highest BCUT2D eigenvalue weighted by Crippen LogP contribution is 2.35. The van der Waals surface area contributed by atoms with Crippen LogP contribution in [0.2, 0.25) is 0 Å². The molecule has 6 nitrogen and oxygen atoms in total. The Morgan fingerprint density at radius 2 is 2.17 bits per heavy atom. The molecule has 126 valence electrons. The molecule has 0 aliphatic carbocycles. The summed E-state index contributed by atoms with van der Waals surface area (Å²) >= 11 is 1.57. The number of likely N-dealkylation sites (N-methyl/N-ethyl adjacent to an activating group) is 1. The minimum atomic E-state index is -0.472. The monoisotopic (exact) mass is 336 g/mol. The summed E-state index contributed by atoms with van der Waals surface area (Å²) in [7, 11) is 3.56. The van der Waals surface area contributed by atoms with Gasteiger partial charge in [0.25, 0.3) is 0 Å². The largest absolute Gasteiger partial charge is 0.463 e. The van der Waals surface area contributed by atoms with Gasteiger partial charge in [0.2, 0.25) is 5.82 Å². The number of esters is 1. The maximum Gasteiger partial charge on any atom is 0.376 e. The molecule has 0 saturated carbocycles. The van der Waals surface area contributed by atoms with Gasteiger partial charge in [-0.1, -0.05) is 0 Å². The molecule has 2 atom stereocenters. The highest BCUT2D eigenvalue weighted by atomic mass is 32.2. The van der Waals surface area contributed by atoms with Crippen molar-refractivity contribution in [3.63, 3.8) is 0 Å². The van der Waals surface area contributed by atoms with Crippen molar-refractivity contribution < 1.29 is 9.53 Å². The van der Waals surface area contributed by atoms with Crippen LogP contribution in [0.25, 0.3) is 0 Å². The maximum atomic E-state index is 11.9. The van der Waals surface area contributed by atoms with Gasteiger partial charge in [-0.3, -0.25) is 0 Å². The van der Waals surface area contributed by atoms with Crippen LogP contribution in [0.5, 0.6) is 0 Å². The number of hydrogen-bond donors (Lipinski definition) is 0. The number of anilines is 1. The van der Waals surface area contributed by atoms with Gasteiger partial charge in [0, 0.05) is 24.2 Å². The molecule has 0 spiro atoms. The lowest BCUT2D eigenvalue weighted by molar-refractivity contribution is 0.0585. The maximum absolute atomic E-state index is 11.9. The molecule has 1 saturated heterocycles. The van der Waals surface area contributed by atoms with Gasteiger partial charge in [-0.05, 0) is 46.0 Å². The molecule has 0 N–H and O–H groups in total. The topological polar surface area (TPSA) is 58.6 Å². The summed E-state index contributed by atoms with van der Waals surface area (Å²) < 4.78 is 4.81. The minimum Gasteiger partial charge on any atom is -0.463 e. The first-order valence-electron chi connectivity index (χ1n) is 8.07. The van der Waals surface area contributed by atoms with E-state index in [1.54, 1.807) is 11.8 Å². The predicted molar refractivity (Wildman–Crippen MR) is 91.3 cm³/mol. The third kappa shape index (κ3) is 2.92. The second kappa shape index (κ2) is 6.65. The van der Waals surface area contributed by atoms with Gasteiger partial charge in [-0.25, -0.2) is 14.8 Å². The second-order valence-electron chi connectivity index (χ2n) is 6.22. The van der Waals surface area contributed by atoms with Crippen LogP contribution in [0.3, 0.4) is 0 Å². The Morgan fingerprint density at radius 3 is 2.78 bits per heavy atom. The zero-order chi connectivity index (χ0) is 16.6. The molecule has 7 heteroatoms. The Balaban J connectivity index is 1.95. The van der Waals surface area contributed by atoms with Crippen molar-refractivity contribution in [2.24, 2.45) is 0 Å². The number of aromatic nitrogens is 2. The van der Waals surface area contributed by atoms with E-state index in [1.165, 1.54) is 20.0 Å². The normalized spacial score (nSPS) is 22.3. The Labute approximate surface area is 141 Å². The average molecular weight is 336 g/mol. The van der Waals surface area contributed by atoms with Gasteiger partial charge in [-0.2, -0.15) is 0 Å². The summed E-state index contributed by atoms with van der Waals surface area (Å²) in [4.78, 5) is 25.6. The standard InChI is InChI=1S/C16H24N4O2S/c1-10(12-6-5-8-19(12)2)20-9-7-11-14(20)17-13(16(21)22-3)18-15(11)23-4/h10,12H,5-9H2,1-4H3/t10?,12-/m0/s1. The van der Waals surface area contributed by atoms with Gasteiger partial charge >= 0.3 is 5.97 Å². The van der Waals surface area contributed by atoms with E-state index in [1.807, 2.05) is 6.26 Å². The van der Waals surface area contributed by atoms with E-state index in [-0.39, 0.29) is 5.82 Å². The van der Waals surface area contributed by atoms with Gasteiger partial charge in [-0.15, -0.1) is 11.8 Å². The van der Waals surface area contributed by atoms with Crippen LogP contribution in [0, 0.1) is 0 Å². The molecule has 3 rings (SSSR count). The van der Waals surface area contributed by atoms with E-state index in [9.17, 15) is 4.79 Å². The van der Waals surface area contributed by atoms with E-state index in [4.69, 9.17) is 4.74 Å². The van der Waals surface area contributed by atoms with Gasteiger partial charge < -0.3 is 14.5 Å². The van der Waals surface area contributed by atoms with E-state index in [2.05, 4.69) is 33.7 Å². The molecule has 2 aliphatic heterocycles. The summed E-state index contributed by atoms with van der Waals surface area (Å²) in [6, 6.07) is 0.911. The fraction of sp³-hybridized carbons (Fsp3) is 0.688. The van der Waals surface area contributed by atoms with Gasteiger partial charge in [0.15, 0.2) is 0 Å². The summed E-state index contributed by atoms with van der Waals surface area (Å²) in [5, 5.41) is 0.893. The number of carbonyl (C=O) groups is 1. The van der Waals surface area contributed by atoms with E-state index >= 15 is 0 Å². The van der Waals surface area contributed by atoms with Crippen LogP contribution < -0.4 is 4.90 Å². The molecule has 1 aromatic heterocycles. The lowest BCUT2D eigenvalue weighted by Crippen LogP contribution is -2.46. The first-order chi connectivity index (χ1) is 11.1. The van der Waals surface area contributed by atoms with Gasteiger partial charge in [0.1, 0.15) is 10.8 Å².